The SMILES string of the molecule is Cc1noc(C)c1CO[C@@H]1CCOC[C@@H]1NC(=O)Cc1cccs1. The summed E-state index contributed by atoms with van der Waals surface area (Å²) >= 11 is 1.59. The molecule has 2 aromatic heterocycles. The third-order valence-electron chi connectivity index (χ3n) is 4.18. The van der Waals surface area contributed by atoms with Gasteiger partial charge in [0.15, 0.2) is 0 Å². The van der Waals surface area contributed by atoms with Crippen LogP contribution in [0.2, 0.25) is 0 Å². The molecule has 0 saturated carbocycles. The summed E-state index contributed by atoms with van der Waals surface area (Å²) in [7, 11) is 0. The molecule has 1 amide bonds. The minimum absolute atomic E-state index is 0.00103. The van der Waals surface area contributed by atoms with Gasteiger partial charge < -0.3 is 19.3 Å². The Morgan fingerprint density at radius 2 is 2.38 bits per heavy atom. The van der Waals surface area contributed by atoms with Crippen LogP contribution in [0.15, 0.2) is 22.0 Å². The van der Waals surface area contributed by atoms with E-state index in [9.17, 15) is 4.79 Å². The van der Waals surface area contributed by atoms with E-state index in [0.717, 1.165) is 28.3 Å². The van der Waals surface area contributed by atoms with Crippen LogP contribution < -0.4 is 5.32 Å². The van der Waals surface area contributed by atoms with Crippen molar-refractivity contribution in [2.75, 3.05) is 13.2 Å². The van der Waals surface area contributed by atoms with Gasteiger partial charge in [-0.05, 0) is 31.7 Å². The summed E-state index contributed by atoms with van der Waals surface area (Å²) < 4.78 is 16.7. The van der Waals surface area contributed by atoms with Crippen LogP contribution in [-0.2, 0) is 27.3 Å². The Balaban J connectivity index is 1.56. The molecule has 24 heavy (non-hydrogen) atoms. The molecule has 0 aliphatic carbocycles. The molecule has 1 saturated heterocycles. The summed E-state index contributed by atoms with van der Waals surface area (Å²) in [5.41, 5.74) is 1.82. The predicted octanol–water partition coefficient (Wildman–Crippen LogP) is 2.39. The van der Waals surface area contributed by atoms with Gasteiger partial charge in [-0.15, -0.1) is 11.3 Å². The van der Waals surface area contributed by atoms with Gasteiger partial charge in [-0.2, -0.15) is 0 Å². The molecule has 6 nitrogen and oxygen atoms in total. The quantitative estimate of drug-likeness (QED) is 0.866. The lowest BCUT2D eigenvalue weighted by Gasteiger charge is -2.32. The number of amides is 1. The summed E-state index contributed by atoms with van der Waals surface area (Å²) in [6, 6.07) is 3.78. The monoisotopic (exact) mass is 350 g/mol. The van der Waals surface area contributed by atoms with Crippen LogP contribution in [0.25, 0.3) is 0 Å². The standard InChI is InChI=1S/C17H22N2O4S/c1-11-14(12(2)23-19-11)9-22-16-5-6-21-10-15(16)18-17(20)8-13-4-3-7-24-13/h3-4,7,15-16H,5-6,8-10H2,1-2H3,(H,18,20)/t15-,16+/m0/s1. The van der Waals surface area contributed by atoms with Gasteiger partial charge in [-0.1, -0.05) is 11.2 Å². The number of aromatic nitrogens is 1. The fraction of sp³-hybridized carbons (Fsp3) is 0.529. The number of carbonyl (C=O) groups excluding carboxylic acids is 1. The van der Waals surface area contributed by atoms with Gasteiger partial charge in [0, 0.05) is 17.0 Å². The first-order valence-electron chi connectivity index (χ1n) is 8.06. The number of ether oxygens (including phenoxy) is 2. The van der Waals surface area contributed by atoms with Crippen LogP contribution in [0.5, 0.6) is 0 Å². The molecule has 3 rings (SSSR count). The lowest BCUT2D eigenvalue weighted by atomic mass is 10.1. The zero-order valence-corrected chi connectivity index (χ0v) is 14.7. The highest BCUT2D eigenvalue weighted by Gasteiger charge is 2.28. The molecule has 1 aliphatic rings. The van der Waals surface area contributed by atoms with Gasteiger partial charge >= 0.3 is 0 Å². The highest BCUT2D eigenvalue weighted by molar-refractivity contribution is 7.10. The average molecular weight is 350 g/mol. The molecular weight excluding hydrogens is 328 g/mol. The Morgan fingerprint density at radius 3 is 3.08 bits per heavy atom. The van der Waals surface area contributed by atoms with Crippen molar-refractivity contribution in [1.82, 2.24) is 10.5 Å². The van der Waals surface area contributed by atoms with E-state index in [2.05, 4.69) is 10.5 Å². The molecule has 0 spiro atoms. The Kier molecular flexibility index (Phi) is 5.65. The molecule has 1 aliphatic heterocycles. The molecule has 3 heterocycles. The lowest BCUT2D eigenvalue weighted by molar-refractivity contribution is -0.125. The van der Waals surface area contributed by atoms with Crippen molar-refractivity contribution in [2.45, 2.75) is 45.4 Å². The van der Waals surface area contributed by atoms with E-state index >= 15 is 0 Å². The largest absolute Gasteiger partial charge is 0.379 e. The molecular formula is C17H22N2O4S. The smallest absolute Gasteiger partial charge is 0.225 e. The molecule has 0 radical (unpaired) electrons. The first-order chi connectivity index (χ1) is 11.6. The summed E-state index contributed by atoms with van der Waals surface area (Å²) in [6.45, 7) is 5.33. The van der Waals surface area contributed by atoms with E-state index in [4.69, 9.17) is 14.0 Å². The maximum Gasteiger partial charge on any atom is 0.225 e. The molecule has 2 aromatic rings. The van der Waals surface area contributed by atoms with E-state index in [1.165, 1.54) is 0 Å². The Hall–Kier alpha value is -1.70. The van der Waals surface area contributed by atoms with E-state index < -0.39 is 0 Å². The molecule has 7 heteroatoms. The summed E-state index contributed by atoms with van der Waals surface area (Å²) in [6.07, 6.45) is 1.08. The topological polar surface area (TPSA) is 73.6 Å². The number of rotatable bonds is 6. The van der Waals surface area contributed by atoms with Crippen LogP contribution in [0.4, 0.5) is 0 Å². The van der Waals surface area contributed by atoms with Gasteiger partial charge in [0.1, 0.15) is 5.76 Å². The third kappa shape index (κ3) is 4.23. The van der Waals surface area contributed by atoms with Crippen molar-refractivity contribution in [1.29, 1.82) is 0 Å². The molecule has 1 fully saturated rings. The van der Waals surface area contributed by atoms with Crippen molar-refractivity contribution < 1.29 is 18.8 Å². The fourth-order valence-electron chi connectivity index (χ4n) is 2.78. The maximum absolute atomic E-state index is 12.2. The second kappa shape index (κ2) is 7.92. The van der Waals surface area contributed by atoms with Gasteiger partial charge in [0.25, 0.3) is 0 Å². The molecule has 0 bridgehead atoms. The summed E-state index contributed by atoms with van der Waals surface area (Å²) in [5, 5.41) is 8.96. The normalized spacial score (nSPS) is 20.9. The van der Waals surface area contributed by atoms with Gasteiger partial charge in [-0.25, -0.2) is 0 Å². The van der Waals surface area contributed by atoms with Crippen LogP contribution in [-0.4, -0.2) is 36.4 Å². The average Bonchev–Trinajstić information content (AvgIpc) is 3.17. The first-order valence-corrected chi connectivity index (χ1v) is 8.94. The fourth-order valence-corrected chi connectivity index (χ4v) is 3.48. The molecule has 1 N–H and O–H groups in total. The highest BCUT2D eigenvalue weighted by atomic mass is 32.1. The molecule has 0 unspecified atom stereocenters. The number of nitrogens with one attached hydrogen (secondary N) is 1. The minimum atomic E-state index is -0.133. The van der Waals surface area contributed by atoms with E-state index in [0.29, 0.717) is 26.2 Å². The number of aryl methyl sites for hydroxylation is 2. The highest BCUT2D eigenvalue weighted by Crippen LogP contribution is 2.19. The molecule has 130 valence electrons. The van der Waals surface area contributed by atoms with Crippen molar-refractivity contribution in [3.8, 4) is 0 Å². The maximum atomic E-state index is 12.2. The third-order valence-corrected chi connectivity index (χ3v) is 5.05. The van der Waals surface area contributed by atoms with Crippen molar-refractivity contribution in [2.24, 2.45) is 0 Å². The first kappa shape index (κ1) is 17.1. The lowest BCUT2D eigenvalue weighted by Crippen LogP contribution is -2.50. The summed E-state index contributed by atoms with van der Waals surface area (Å²) in [4.78, 5) is 13.3. The van der Waals surface area contributed by atoms with E-state index in [1.807, 2.05) is 31.4 Å². The van der Waals surface area contributed by atoms with Gasteiger partial charge in [0.2, 0.25) is 5.91 Å². The zero-order chi connectivity index (χ0) is 16.9. The number of carbonyl (C=O) groups is 1. The summed E-state index contributed by atoms with van der Waals surface area (Å²) in [5.74, 6) is 0.775. The van der Waals surface area contributed by atoms with E-state index in [1.54, 1.807) is 11.3 Å². The Labute approximate surface area is 145 Å². The van der Waals surface area contributed by atoms with Crippen LogP contribution in [0.3, 0.4) is 0 Å². The number of thiophene rings is 1. The van der Waals surface area contributed by atoms with Crippen molar-refractivity contribution >= 4 is 17.2 Å². The number of nitrogens with zero attached hydrogens (tertiary/aromatic N) is 1. The van der Waals surface area contributed by atoms with Crippen LogP contribution in [0, 0.1) is 13.8 Å². The van der Waals surface area contributed by atoms with Crippen LogP contribution in [0.1, 0.15) is 28.3 Å². The van der Waals surface area contributed by atoms with E-state index in [-0.39, 0.29) is 18.1 Å². The van der Waals surface area contributed by atoms with Crippen molar-refractivity contribution in [3.63, 3.8) is 0 Å². The van der Waals surface area contributed by atoms with Gasteiger partial charge in [0.05, 0.1) is 37.5 Å². The minimum Gasteiger partial charge on any atom is -0.379 e. The molecule has 2 atom stereocenters. The second-order valence-electron chi connectivity index (χ2n) is 5.95. The Morgan fingerprint density at radius 1 is 1.50 bits per heavy atom. The Bertz CT molecular complexity index is 649. The van der Waals surface area contributed by atoms with Crippen LogP contribution >= 0.6 is 11.3 Å². The predicted molar refractivity (Wildman–Crippen MR) is 89.9 cm³/mol. The molecule has 0 aromatic carbocycles. The number of hydrogen-bond donors (Lipinski definition) is 1. The second-order valence-corrected chi connectivity index (χ2v) is 6.98. The zero-order valence-electron chi connectivity index (χ0n) is 13.9. The number of hydrogen-bond acceptors (Lipinski definition) is 6. The van der Waals surface area contributed by atoms with Gasteiger partial charge in [-0.3, -0.25) is 4.79 Å². The van der Waals surface area contributed by atoms with Crippen molar-refractivity contribution in [3.05, 3.63) is 39.4 Å².